The molecule has 1 atom stereocenters. The molecule has 0 amide bonds. The van der Waals surface area contributed by atoms with Gasteiger partial charge in [-0.3, -0.25) is 4.21 Å². The highest BCUT2D eigenvalue weighted by Gasteiger charge is 2.19. The van der Waals surface area contributed by atoms with Crippen molar-refractivity contribution < 1.29 is 14.1 Å². The fourth-order valence-corrected chi connectivity index (χ4v) is 4.10. The summed E-state index contributed by atoms with van der Waals surface area (Å²) in [5.41, 5.74) is 0.957. The van der Waals surface area contributed by atoms with Gasteiger partial charge in [0.25, 0.3) is 0 Å². The molecular formula is C14H18O3S. The third-order valence-electron chi connectivity index (χ3n) is 3.46. The van der Waals surface area contributed by atoms with Crippen LogP contribution in [0.4, 0.5) is 0 Å². The molecule has 0 aromatic heterocycles. The number of carboxylic acids is 1. The Labute approximate surface area is 110 Å². The maximum absolute atomic E-state index is 12.1. The van der Waals surface area contributed by atoms with E-state index in [2.05, 4.69) is 0 Å². The van der Waals surface area contributed by atoms with E-state index in [0.29, 0.717) is 23.0 Å². The zero-order valence-corrected chi connectivity index (χ0v) is 11.1. The zero-order chi connectivity index (χ0) is 13.0. The van der Waals surface area contributed by atoms with Crippen LogP contribution in [0.5, 0.6) is 0 Å². The molecule has 1 aliphatic carbocycles. The summed E-state index contributed by atoms with van der Waals surface area (Å²) in [6.07, 6.45) is 4.83. The van der Waals surface area contributed by atoms with E-state index in [1.807, 2.05) is 0 Å². The molecule has 3 nitrogen and oxygen atoms in total. The largest absolute Gasteiger partial charge is 0.478 e. The molecule has 1 unspecified atom stereocenters. The van der Waals surface area contributed by atoms with Gasteiger partial charge in [-0.15, -0.1) is 0 Å². The van der Waals surface area contributed by atoms with Crippen LogP contribution in [0.1, 0.15) is 41.6 Å². The third kappa shape index (κ3) is 3.42. The van der Waals surface area contributed by atoms with Crippen molar-refractivity contribution in [2.45, 2.75) is 31.4 Å². The van der Waals surface area contributed by atoms with Gasteiger partial charge in [0.1, 0.15) is 0 Å². The Morgan fingerprint density at radius 2 is 1.94 bits per heavy atom. The minimum atomic E-state index is -0.951. The van der Waals surface area contributed by atoms with E-state index in [-0.39, 0.29) is 5.56 Å². The Morgan fingerprint density at radius 3 is 2.61 bits per heavy atom. The zero-order valence-electron chi connectivity index (χ0n) is 10.3. The fraction of sp³-hybridized carbons (Fsp3) is 0.500. The van der Waals surface area contributed by atoms with Crippen molar-refractivity contribution in [3.63, 3.8) is 0 Å². The van der Waals surface area contributed by atoms with E-state index in [1.54, 1.807) is 24.3 Å². The molecule has 1 aromatic rings. The van der Waals surface area contributed by atoms with Gasteiger partial charge < -0.3 is 5.11 Å². The molecule has 1 saturated carbocycles. The molecule has 98 valence electrons. The summed E-state index contributed by atoms with van der Waals surface area (Å²) in [6, 6.07) is 6.84. The summed E-state index contributed by atoms with van der Waals surface area (Å²) < 4.78 is 12.1. The second-order valence-corrected chi connectivity index (χ2v) is 6.37. The molecule has 1 aromatic carbocycles. The molecule has 0 heterocycles. The summed E-state index contributed by atoms with van der Waals surface area (Å²) in [5.74, 6) is 0.707. The SMILES string of the molecule is O=C(O)c1ccccc1CS(=O)CC1CCCC1. The molecule has 0 bridgehead atoms. The molecule has 1 N–H and O–H groups in total. The lowest BCUT2D eigenvalue weighted by Crippen LogP contribution is -2.11. The molecule has 0 spiro atoms. The summed E-state index contributed by atoms with van der Waals surface area (Å²) in [4.78, 5) is 11.0. The minimum absolute atomic E-state index is 0.275. The van der Waals surface area contributed by atoms with Gasteiger partial charge in [-0.2, -0.15) is 0 Å². The maximum atomic E-state index is 12.1. The number of hydrogen-bond donors (Lipinski definition) is 1. The van der Waals surface area contributed by atoms with E-state index in [9.17, 15) is 9.00 Å². The van der Waals surface area contributed by atoms with Gasteiger partial charge in [-0.1, -0.05) is 31.0 Å². The molecule has 2 rings (SSSR count). The molecule has 0 radical (unpaired) electrons. The lowest BCUT2D eigenvalue weighted by Gasteiger charge is -2.10. The monoisotopic (exact) mass is 266 g/mol. The Bertz CT molecular complexity index is 450. The number of aromatic carboxylic acids is 1. The number of rotatable bonds is 5. The second kappa shape index (κ2) is 6.14. The van der Waals surface area contributed by atoms with Gasteiger partial charge in [0.2, 0.25) is 0 Å². The number of carboxylic acid groups (broad SMARTS) is 1. The van der Waals surface area contributed by atoms with Crippen LogP contribution >= 0.6 is 0 Å². The molecule has 1 aliphatic rings. The van der Waals surface area contributed by atoms with Gasteiger partial charge >= 0.3 is 5.97 Å². The number of hydrogen-bond acceptors (Lipinski definition) is 2. The standard InChI is InChI=1S/C14H18O3S/c15-14(16)13-8-4-3-7-12(13)10-18(17)9-11-5-1-2-6-11/h3-4,7-8,11H,1-2,5-6,9-10H2,(H,15,16). The molecular weight excluding hydrogens is 248 g/mol. The molecule has 0 aliphatic heterocycles. The first-order valence-corrected chi connectivity index (χ1v) is 7.82. The predicted molar refractivity (Wildman–Crippen MR) is 72.1 cm³/mol. The van der Waals surface area contributed by atoms with E-state index < -0.39 is 16.8 Å². The van der Waals surface area contributed by atoms with Crippen molar-refractivity contribution in [3.8, 4) is 0 Å². The number of carbonyl (C=O) groups is 1. The van der Waals surface area contributed by atoms with Crippen molar-refractivity contribution in [2.75, 3.05) is 5.75 Å². The Morgan fingerprint density at radius 1 is 1.28 bits per heavy atom. The Hall–Kier alpha value is -1.16. The van der Waals surface area contributed by atoms with Crippen LogP contribution in [0.3, 0.4) is 0 Å². The van der Waals surface area contributed by atoms with Crippen LogP contribution in [0.25, 0.3) is 0 Å². The van der Waals surface area contributed by atoms with E-state index >= 15 is 0 Å². The van der Waals surface area contributed by atoms with Gasteiger partial charge in [0.05, 0.1) is 5.56 Å². The first-order chi connectivity index (χ1) is 8.66. The Kier molecular flexibility index (Phi) is 4.53. The predicted octanol–water partition coefficient (Wildman–Crippen LogP) is 2.82. The van der Waals surface area contributed by atoms with Gasteiger partial charge in [-0.25, -0.2) is 4.79 Å². The highest BCUT2D eigenvalue weighted by molar-refractivity contribution is 7.84. The van der Waals surface area contributed by atoms with Crippen molar-refractivity contribution in [3.05, 3.63) is 35.4 Å². The summed E-state index contributed by atoms with van der Waals surface area (Å²) in [6.45, 7) is 0. The second-order valence-electron chi connectivity index (χ2n) is 4.86. The normalized spacial score (nSPS) is 17.8. The van der Waals surface area contributed by atoms with Crippen molar-refractivity contribution in [1.29, 1.82) is 0 Å². The minimum Gasteiger partial charge on any atom is -0.478 e. The summed E-state index contributed by atoms with van der Waals surface area (Å²) in [7, 11) is -0.951. The summed E-state index contributed by atoms with van der Waals surface area (Å²) >= 11 is 0. The van der Waals surface area contributed by atoms with Crippen LogP contribution in [-0.4, -0.2) is 21.0 Å². The van der Waals surface area contributed by atoms with Gasteiger partial charge in [0.15, 0.2) is 0 Å². The average Bonchev–Trinajstić information content (AvgIpc) is 2.82. The maximum Gasteiger partial charge on any atom is 0.335 e. The van der Waals surface area contributed by atoms with Crippen molar-refractivity contribution in [1.82, 2.24) is 0 Å². The number of benzene rings is 1. The van der Waals surface area contributed by atoms with E-state index in [1.165, 1.54) is 25.7 Å². The molecule has 0 saturated heterocycles. The lowest BCUT2D eigenvalue weighted by atomic mass is 10.1. The van der Waals surface area contributed by atoms with Crippen LogP contribution in [0, 0.1) is 5.92 Å². The van der Waals surface area contributed by atoms with Crippen molar-refractivity contribution >= 4 is 16.8 Å². The van der Waals surface area contributed by atoms with Gasteiger partial charge in [0, 0.05) is 22.3 Å². The van der Waals surface area contributed by atoms with Gasteiger partial charge in [-0.05, 0) is 30.4 Å². The third-order valence-corrected chi connectivity index (χ3v) is 4.94. The Balaban J connectivity index is 2.00. The van der Waals surface area contributed by atoms with Crippen LogP contribution in [-0.2, 0) is 16.6 Å². The first kappa shape index (κ1) is 13.3. The van der Waals surface area contributed by atoms with Crippen LogP contribution in [0.2, 0.25) is 0 Å². The average molecular weight is 266 g/mol. The quantitative estimate of drug-likeness (QED) is 0.891. The molecule has 1 fully saturated rings. The molecule has 18 heavy (non-hydrogen) atoms. The van der Waals surface area contributed by atoms with Crippen molar-refractivity contribution in [2.24, 2.45) is 5.92 Å². The molecule has 4 heteroatoms. The fourth-order valence-electron chi connectivity index (χ4n) is 2.53. The smallest absolute Gasteiger partial charge is 0.335 e. The highest BCUT2D eigenvalue weighted by atomic mass is 32.2. The van der Waals surface area contributed by atoms with E-state index in [0.717, 1.165) is 0 Å². The highest BCUT2D eigenvalue weighted by Crippen LogP contribution is 2.26. The van der Waals surface area contributed by atoms with Crippen LogP contribution < -0.4 is 0 Å². The topological polar surface area (TPSA) is 54.4 Å². The van der Waals surface area contributed by atoms with Crippen LogP contribution in [0.15, 0.2) is 24.3 Å². The first-order valence-electron chi connectivity index (χ1n) is 6.33. The van der Waals surface area contributed by atoms with E-state index in [4.69, 9.17) is 5.11 Å². The lowest BCUT2D eigenvalue weighted by molar-refractivity contribution is 0.0696. The summed E-state index contributed by atoms with van der Waals surface area (Å²) in [5, 5.41) is 9.06.